The summed E-state index contributed by atoms with van der Waals surface area (Å²) in [6, 6.07) is 0. The van der Waals surface area contributed by atoms with Gasteiger partial charge in [-0.1, -0.05) is 6.92 Å². The van der Waals surface area contributed by atoms with Gasteiger partial charge in [-0.05, 0) is 20.8 Å². The Kier molecular flexibility index (Phi) is 3.86. The van der Waals surface area contributed by atoms with E-state index in [1.54, 1.807) is 6.92 Å². The molecular weight excluding hydrogens is 130 g/mol. The molecule has 0 saturated carbocycles. The van der Waals surface area contributed by atoms with Crippen LogP contribution in [-0.4, -0.2) is 23.4 Å². The number of aliphatic hydroxyl groups excluding tert-OH is 1. The molecule has 0 aliphatic rings. The second-order valence-corrected chi connectivity index (χ2v) is 2.88. The molecule has 0 radical (unpaired) electrons. The van der Waals surface area contributed by atoms with Gasteiger partial charge in [0.2, 0.25) is 0 Å². The topological polar surface area (TPSA) is 41.5 Å². The lowest BCUT2D eigenvalue weighted by Gasteiger charge is -2.27. The van der Waals surface area contributed by atoms with Crippen LogP contribution >= 0.6 is 0 Å². The third kappa shape index (κ3) is 3.15. The van der Waals surface area contributed by atoms with Crippen LogP contribution in [0.15, 0.2) is 0 Å². The molecule has 0 heterocycles. The van der Waals surface area contributed by atoms with Gasteiger partial charge < -0.3 is 5.11 Å². The first-order valence-corrected chi connectivity index (χ1v) is 3.59. The maximum absolute atomic E-state index is 9.14. The smallest absolute Gasteiger partial charge is 0.109 e. The lowest BCUT2D eigenvalue weighted by molar-refractivity contribution is -0.138. The van der Waals surface area contributed by atoms with E-state index in [-0.39, 0.29) is 0 Å². The van der Waals surface area contributed by atoms with Crippen molar-refractivity contribution in [2.45, 2.75) is 39.4 Å². The molecule has 0 bridgehead atoms. The second kappa shape index (κ2) is 3.91. The quantitative estimate of drug-likeness (QED) is 0.575. The summed E-state index contributed by atoms with van der Waals surface area (Å²) >= 11 is 0. The zero-order valence-corrected chi connectivity index (χ0v) is 7.14. The van der Waals surface area contributed by atoms with Crippen molar-refractivity contribution in [3.8, 4) is 0 Å². The van der Waals surface area contributed by atoms with Gasteiger partial charge in [-0.2, -0.15) is 0 Å². The highest BCUT2D eigenvalue weighted by Crippen LogP contribution is 2.11. The van der Waals surface area contributed by atoms with E-state index in [0.717, 1.165) is 6.54 Å². The molecule has 1 unspecified atom stereocenters. The zero-order chi connectivity index (χ0) is 8.20. The summed E-state index contributed by atoms with van der Waals surface area (Å²) in [6.07, 6.45) is -0.466. The highest BCUT2D eigenvalue weighted by atomic mass is 16.7. The van der Waals surface area contributed by atoms with Crippen LogP contribution in [0.4, 0.5) is 0 Å². The molecular formula is C7H17NO2. The van der Waals surface area contributed by atoms with Crippen LogP contribution in [0.5, 0.6) is 0 Å². The molecule has 3 nitrogen and oxygen atoms in total. The van der Waals surface area contributed by atoms with Crippen LogP contribution in [0.1, 0.15) is 27.7 Å². The normalized spacial score (nSPS) is 15.3. The highest BCUT2D eigenvalue weighted by molar-refractivity contribution is 4.73. The molecule has 62 valence electrons. The average Bonchev–Trinajstić information content (AvgIpc) is 1.84. The second-order valence-electron chi connectivity index (χ2n) is 2.88. The van der Waals surface area contributed by atoms with Crippen molar-refractivity contribution in [3.63, 3.8) is 0 Å². The zero-order valence-electron chi connectivity index (χ0n) is 7.14. The molecule has 0 aromatic rings. The highest BCUT2D eigenvalue weighted by Gasteiger charge is 2.24. The standard InChI is InChI=1S/C7H17NO2/c1-5-8-10-7(3,4)6(2)9/h6,8-9H,5H2,1-4H3. The maximum Gasteiger partial charge on any atom is 0.109 e. The van der Waals surface area contributed by atoms with E-state index in [4.69, 9.17) is 9.94 Å². The van der Waals surface area contributed by atoms with Gasteiger partial charge in [0.25, 0.3) is 0 Å². The number of rotatable bonds is 4. The van der Waals surface area contributed by atoms with E-state index >= 15 is 0 Å². The Bertz CT molecular complexity index is 91.6. The molecule has 0 aromatic heterocycles. The molecule has 2 N–H and O–H groups in total. The third-order valence-electron chi connectivity index (χ3n) is 1.49. The molecule has 0 saturated heterocycles. The predicted molar refractivity (Wildman–Crippen MR) is 40.5 cm³/mol. The Labute approximate surface area is 62.3 Å². The molecule has 0 amide bonds. The van der Waals surface area contributed by atoms with Crippen LogP contribution in [0.3, 0.4) is 0 Å². The largest absolute Gasteiger partial charge is 0.390 e. The summed E-state index contributed by atoms with van der Waals surface area (Å²) < 4.78 is 0. The van der Waals surface area contributed by atoms with Crippen molar-refractivity contribution >= 4 is 0 Å². The Morgan fingerprint density at radius 1 is 1.60 bits per heavy atom. The van der Waals surface area contributed by atoms with Crippen LogP contribution in [-0.2, 0) is 4.84 Å². The fourth-order valence-corrected chi connectivity index (χ4v) is 0.343. The van der Waals surface area contributed by atoms with Crippen LogP contribution in [0.25, 0.3) is 0 Å². The SMILES string of the molecule is CCNOC(C)(C)C(C)O. The Morgan fingerprint density at radius 3 is 2.40 bits per heavy atom. The van der Waals surface area contributed by atoms with Gasteiger partial charge in [0.05, 0.1) is 6.10 Å². The Morgan fingerprint density at radius 2 is 2.10 bits per heavy atom. The molecule has 1 atom stereocenters. The van der Waals surface area contributed by atoms with Crippen molar-refractivity contribution in [1.82, 2.24) is 5.48 Å². The summed E-state index contributed by atoms with van der Waals surface area (Å²) in [5.41, 5.74) is 2.21. The summed E-state index contributed by atoms with van der Waals surface area (Å²) in [7, 11) is 0. The number of nitrogens with one attached hydrogen (secondary N) is 1. The lowest BCUT2D eigenvalue weighted by Crippen LogP contribution is -2.41. The van der Waals surface area contributed by atoms with E-state index in [1.807, 2.05) is 20.8 Å². The predicted octanol–water partition coefficient (Wildman–Crippen LogP) is 0.687. The maximum atomic E-state index is 9.14. The summed E-state index contributed by atoms with van der Waals surface area (Å²) in [5, 5.41) is 9.14. The van der Waals surface area contributed by atoms with Gasteiger partial charge in [-0.15, -0.1) is 0 Å². The van der Waals surface area contributed by atoms with Gasteiger partial charge in [0, 0.05) is 6.54 Å². The summed E-state index contributed by atoms with van der Waals surface area (Å²) in [5.74, 6) is 0. The number of hydrogen-bond acceptors (Lipinski definition) is 3. The minimum absolute atomic E-state index is 0.466. The summed E-state index contributed by atoms with van der Waals surface area (Å²) in [6.45, 7) is 8.06. The van der Waals surface area contributed by atoms with E-state index < -0.39 is 11.7 Å². The minimum Gasteiger partial charge on any atom is -0.390 e. The van der Waals surface area contributed by atoms with E-state index in [1.165, 1.54) is 0 Å². The van der Waals surface area contributed by atoms with Crippen molar-refractivity contribution in [1.29, 1.82) is 0 Å². The van der Waals surface area contributed by atoms with E-state index in [9.17, 15) is 0 Å². The fourth-order valence-electron chi connectivity index (χ4n) is 0.343. The molecule has 0 aromatic carbocycles. The van der Waals surface area contributed by atoms with Crippen LogP contribution in [0, 0.1) is 0 Å². The van der Waals surface area contributed by atoms with Gasteiger partial charge >= 0.3 is 0 Å². The van der Waals surface area contributed by atoms with Gasteiger partial charge in [0.15, 0.2) is 0 Å². The Hall–Kier alpha value is -0.120. The molecule has 0 fully saturated rings. The molecule has 0 aliphatic heterocycles. The van der Waals surface area contributed by atoms with Gasteiger partial charge in [-0.3, -0.25) is 4.84 Å². The van der Waals surface area contributed by atoms with Gasteiger partial charge in [-0.25, -0.2) is 5.48 Å². The molecule has 0 rings (SSSR count). The third-order valence-corrected chi connectivity index (χ3v) is 1.49. The van der Waals surface area contributed by atoms with Crippen molar-refractivity contribution in [3.05, 3.63) is 0 Å². The first-order valence-electron chi connectivity index (χ1n) is 3.59. The van der Waals surface area contributed by atoms with Crippen LogP contribution < -0.4 is 5.48 Å². The fraction of sp³-hybridized carbons (Fsp3) is 1.00. The molecule has 10 heavy (non-hydrogen) atoms. The van der Waals surface area contributed by atoms with Gasteiger partial charge in [0.1, 0.15) is 5.60 Å². The first kappa shape index (κ1) is 9.88. The monoisotopic (exact) mass is 147 g/mol. The van der Waals surface area contributed by atoms with E-state index in [0.29, 0.717) is 0 Å². The minimum atomic E-state index is -0.504. The van der Waals surface area contributed by atoms with Crippen molar-refractivity contribution < 1.29 is 9.94 Å². The van der Waals surface area contributed by atoms with Crippen LogP contribution in [0.2, 0.25) is 0 Å². The summed E-state index contributed by atoms with van der Waals surface area (Å²) in [4.78, 5) is 5.14. The number of hydroxylamine groups is 1. The van der Waals surface area contributed by atoms with Crippen molar-refractivity contribution in [2.75, 3.05) is 6.54 Å². The molecule has 0 spiro atoms. The first-order chi connectivity index (χ1) is 4.50. The Balaban J connectivity index is 3.63. The lowest BCUT2D eigenvalue weighted by atomic mass is 10.0. The van der Waals surface area contributed by atoms with Crippen molar-refractivity contribution in [2.24, 2.45) is 0 Å². The number of hydrogen-bond donors (Lipinski definition) is 2. The average molecular weight is 147 g/mol. The number of aliphatic hydroxyl groups is 1. The molecule has 0 aliphatic carbocycles. The molecule has 3 heteroatoms. The van der Waals surface area contributed by atoms with E-state index in [2.05, 4.69) is 5.48 Å².